The van der Waals surface area contributed by atoms with Crippen LogP contribution in [-0.4, -0.2) is 29.1 Å². The number of hydrogen-bond acceptors (Lipinski definition) is 4. The van der Waals surface area contributed by atoms with Crippen LogP contribution in [0, 0.1) is 0 Å². The number of nitrogens with two attached hydrogens (primary N) is 1. The van der Waals surface area contributed by atoms with E-state index in [4.69, 9.17) is 10.5 Å². The maximum Gasteiger partial charge on any atom is 0.193 e. The minimum absolute atomic E-state index is 0.115. The summed E-state index contributed by atoms with van der Waals surface area (Å²) in [6, 6.07) is 0. The fourth-order valence-corrected chi connectivity index (χ4v) is 3.49. The molecule has 1 saturated heterocycles. The molecule has 1 fully saturated rings. The lowest BCUT2D eigenvalue weighted by Gasteiger charge is -2.34. The summed E-state index contributed by atoms with van der Waals surface area (Å²) in [6.07, 6.45) is 8.03. The number of nitrogens with zero attached hydrogens (tertiary/aromatic N) is 2. The van der Waals surface area contributed by atoms with E-state index in [1.54, 1.807) is 11.3 Å². The van der Waals surface area contributed by atoms with Crippen LogP contribution in [-0.2, 0) is 10.2 Å². The summed E-state index contributed by atoms with van der Waals surface area (Å²) < 4.78 is 7.51. The fourth-order valence-electron chi connectivity index (χ4n) is 2.29. The average Bonchev–Trinajstić information content (AvgIpc) is 2.90. The highest BCUT2D eigenvalue weighted by Gasteiger charge is 2.35. The van der Waals surface area contributed by atoms with E-state index < -0.39 is 0 Å². The van der Waals surface area contributed by atoms with Crippen LogP contribution >= 0.6 is 11.3 Å². The molecule has 0 spiro atoms. The van der Waals surface area contributed by atoms with E-state index in [1.165, 1.54) is 4.88 Å². The van der Waals surface area contributed by atoms with E-state index >= 15 is 0 Å². The van der Waals surface area contributed by atoms with Gasteiger partial charge >= 0.3 is 0 Å². The second-order valence-electron chi connectivity index (χ2n) is 4.31. The quantitative estimate of drug-likeness (QED) is 0.859. The van der Waals surface area contributed by atoms with Crippen molar-refractivity contribution in [1.29, 1.82) is 0 Å². The highest BCUT2D eigenvalue weighted by molar-refractivity contribution is 7.17. The van der Waals surface area contributed by atoms with E-state index in [1.807, 2.05) is 12.4 Å². The Bertz CT molecular complexity index is 456. The Kier molecular flexibility index (Phi) is 2.46. The molecule has 4 nitrogen and oxygen atoms in total. The van der Waals surface area contributed by atoms with Crippen molar-refractivity contribution >= 4 is 16.3 Å². The Morgan fingerprint density at radius 2 is 2.31 bits per heavy atom. The van der Waals surface area contributed by atoms with E-state index in [2.05, 4.69) is 15.6 Å². The van der Waals surface area contributed by atoms with Crippen molar-refractivity contribution in [3.05, 3.63) is 23.5 Å². The van der Waals surface area contributed by atoms with Gasteiger partial charge in [-0.3, -0.25) is 4.40 Å². The maximum absolute atomic E-state index is 5.98. The van der Waals surface area contributed by atoms with Crippen molar-refractivity contribution in [3.8, 4) is 0 Å². The Labute approximate surface area is 98.0 Å². The number of ether oxygens (including phenoxy) is 1. The highest BCUT2D eigenvalue weighted by atomic mass is 32.1. The van der Waals surface area contributed by atoms with Crippen LogP contribution in [0.5, 0.6) is 0 Å². The largest absolute Gasteiger partial charge is 0.381 e. The van der Waals surface area contributed by atoms with Crippen molar-refractivity contribution in [2.45, 2.75) is 18.3 Å². The summed E-state index contributed by atoms with van der Waals surface area (Å²) in [5.74, 6) is 0. The second-order valence-corrected chi connectivity index (χ2v) is 5.32. The van der Waals surface area contributed by atoms with Gasteiger partial charge < -0.3 is 10.5 Å². The van der Waals surface area contributed by atoms with Crippen molar-refractivity contribution in [3.63, 3.8) is 0 Å². The summed E-state index contributed by atoms with van der Waals surface area (Å²) in [5.41, 5.74) is 6.10. The molecule has 0 unspecified atom stereocenters. The van der Waals surface area contributed by atoms with Gasteiger partial charge in [0.15, 0.2) is 4.96 Å². The molecule has 1 aliphatic rings. The topological polar surface area (TPSA) is 52.5 Å². The molecule has 5 heteroatoms. The highest BCUT2D eigenvalue weighted by Crippen LogP contribution is 2.37. The second kappa shape index (κ2) is 3.84. The molecule has 3 rings (SSSR count). The molecular weight excluding hydrogens is 222 g/mol. The van der Waals surface area contributed by atoms with Crippen LogP contribution in [0.2, 0.25) is 0 Å². The molecule has 0 aliphatic carbocycles. The SMILES string of the molecule is NCC1(c2cn3ccnc3s2)CCOCC1. The van der Waals surface area contributed by atoms with Crippen molar-refractivity contribution in [1.82, 2.24) is 9.38 Å². The number of hydrogen-bond donors (Lipinski definition) is 1. The third kappa shape index (κ3) is 1.47. The minimum Gasteiger partial charge on any atom is -0.381 e. The number of aromatic nitrogens is 2. The molecule has 2 aromatic rings. The Morgan fingerprint density at radius 3 is 3.00 bits per heavy atom. The van der Waals surface area contributed by atoms with Crippen molar-refractivity contribution < 1.29 is 4.74 Å². The molecule has 3 heterocycles. The third-order valence-corrected chi connectivity index (χ3v) is 4.71. The van der Waals surface area contributed by atoms with Crippen LogP contribution in [0.25, 0.3) is 4.96 Å². The summed E-state index contributed by atoms with van der Waals surface area (Å²) in [7, 11) is 0. The van der Waals surface area contributed by atoms with Gasteiger partial charge in [0, 0.05) is 48.6 Å². The standard InChI is InChI=1S/C11H15N3OS/c12-8-11(1-5-15-6-2-11)9-7-14-4-3-13-10(14)16-9/h3-4,7H,1-2,5-6,8,12H2. The molecule has 2 N–H and O–H groups in total. The molecular formula is C11H15N3OS. The van der Waals surface area contributed by atoms with Crippen LogP contribution in [0.3, 0.4) is 0 Å². The number of thiazole rings is 1. The third-order valence-electron chi connectivity index (χ3n) is 3.45. The van der Waals surface area contributed by atoms with Gasteiger partial charge in [-0.1, -0.05) is 0 Å². The summed E-state index contributed by atoms with van der Waals surface area (Å²) in [5, 5.41) is 0. The van der Waals surface area contributed by atoms with Gasteiger partial charge in [-0.05, 0) is 12.8 Å². The molecule has 0 saturated carbocycles. The zero-order valence-electron chi connectivity index (χ0n) is 9.06. The lowest BCUT2D eigenvalue weighted by molar-refractivity contribution is 0.0540. The smallest absolute Gasteiger partial charge is 0.193 e. The summed E-state index contributed by atoms with van der Waals surface area (Å²) in [6.45, 7) is 2.33. The number of imidazole rings is 1. The Morgan fingerprint density at radius 1 is 1.50 bits per heavy atom. The Hall–Kier alpha value is -0.910. The van der Waals surface area contributed by atoms with E-state index in [0.29, 0.717) is 6.54 Å². The van der Waals surface area contributed by atoms with Gasteiger partial charge in [0.2, 0.25) is 0 Å². The molecule has 0 radical (unpaired) electrons. The van der Waals surface area contributed by atoms with Crippen LogP contribution < -0.4 is 5.73 Å². The van der Waals surface area contributed by atoms with E-state index in [-0.39, 0.29) is 5.41 Å². The Balaban J connectivity index is 2.02. The molecule has 0 amide bonds. The van der Waals surface area contributed by atoms with Gasteiger partial charge in [-0.25, -0.2) is 4.98 Å². The van der Waals surface area contributed by atoms with Gasteiger partial charge in [0.25, 0.3) is 0 Å². The first-order valence-electron chi connectivity index (χ1n) is 5.55. The zero-order valence-corrected chi connectivity index (χ0v) is 9.87. The van der Waals surface area contributed by atoms with Crippen LogP contribution in [0.4, 0.5) is 0 Å². The van der Waals surface area contributed by atoms with Gasteiger partial charge in [0.1, 0.15) is 0 Å². The van der Waals surface area contributed by atoms with Crippen molar-refractivity contribution in [2.24, 2.45) is 5.73 Å². The first kappa shape index (κ1) is 10.3. The van der Waals surface area contributed by atoms with Gasteiger partial charge in [0.05, 0.1) is 0 Å². The normalized spacial score (nSPS) is 20.3. The van der Waals surface area contributed by atoms with Crippen LogP contribution in [0.15, 0.2) is 18.6 Å². The predicted molar refractivity (Wildman–Crippen MR) is 63.9 cm³/mol. The summed E-state index contributed by atoms with van der Waals surface area (Å²) in [4.78, 5) is 6.71. The number of fused-ring (bicyclic) bond motifs is 1. The fraction of sp³-hybridized carbons (Fsp3) is 0.545. The summed E-state index contributed by atoms with van der Waals surface area (Å²) >= 11 is 1.75. The molecule has 1 aliphatic heterocycles. The molecule has 0 bridgehead atoms. The molecule has 86 valence electrons. The van der Waals surface area contributed by atoms with Gasteiger partial charge in [-0.2, -0.15) is 0 Å². The first-order valence-corrected chi connectivity index (χ1v) is 6.36. The number of rotatable bonds is 2. The minimum atomic E-state index is 0.115. The average molecular weight is 237 g/mol. The first-order chi connectivity index (χ1) is 7.84. The lowest BCUT2D eigenvalue weighted by atomic mass is 9.79. The molecule has 0 atom stereocenters. The van der Waals surface area contributed by atoms with Crippen LogP contribution in [0.1, 0.15) is 17.7 Å². The zero-order chi connectivity index (χ0) is 11.0. The van der Waals surface area contributed by atoms with E-state index in [0.717, 1.165) is 31.0 Å². The molecule has 0 aromatic carbocycles. The van der Waals surface area contributed by atoms with Gasteiger partial charge in [-0.15, -0.1) is 11.3 Å². The predicted octanol–water partition coefficient (Wildman–Crippen LogP) is 1.40. The maximum atomic E-state index is 5.98. The monoisotopic (exact) mass is 237 g/mol. The molecule has 2 aromatic heterocycles. The lowest BCUT2D eigenvalue weighted by Crippen LogP contribution is -2.39. The van der Waals surface area contributed by atoms with Crippen molar-refractivity contribution in [2.75, 3.05) is 19.8 Å². The van der Waals surface area contributed by atoms with E-state index in [9.17, 15) is 0 Å². The molecule has 16 heavy (non-hydrogen) atoms.